The molecule has 2 aromatic carbocycles. The minimum atomic E-state index is -0.656. The third-order valence-electron chi connectivity index (χ3n) is 19.6. The second-order valence-corrected chi connectivity index (χ2v) is 28.8. The van der Waals surface area contributed by atoms with Crippen molar-refractivity contribution in [3.05, 3.63) is 175 Å². The summed E-state index contributed by atoms with van der Waals surface area (Å²) in [6.07, 6.45) is 21.5. The van der Waals surface area contributed by atoms with Crippen molar-refractivity contribution in [1.82, 2.24) is 39.9 Å². The van der Waals surface area contributed by atoms with E-state index in [4.69, 9.17) is 42.1 Å². The Balaban J connectivity index is 0.000000161. The van der Waals surface area contributed by atoms with Gasteiger partial charge < -0.3 is 80.4 Å². The van der Waals surface area contributed by atoms with Gasteiger partial charge in [0.05, 0.1) is 77.2 Å². The lowest BCUT2D eigenvalue weighted by Gasteiger charge is -2.34. The highest BCUT2D eigenvalue weighted by Crippen LogP contribution is 2.42. The number of piperidine rings is 3. The SMILES string of the molecule is CC(C)N1CCOc2c(F)cc(-c3nc(Cc4ccc(N5CCC(CO)CC5)cn4)ncc3F)cc21.CC(C)N1CCOc2c(F)cc(-c3nc(Cl)ncc3F)cc21.Nc1ccc(N2CCC(CO)CC2)cn1.O=[N+]([O-])c1ccc(Br)cn1.O=[N+]([O-])c1ccc(N2CCC(CO)CC2)cn1.OCC1CCCCC1. The van der Waals surface area contributed by atoms with Crippen LogP contribution in [0.3, 0.4) is 0 Å². The summed E-state index contributed by atoms with van der Waals surface area (Å²) in [5.41, 5.74) is 11.2. The minimum Gasteiger partial charge on any atom is -0.486 e. The number of hydrogen-bond acceptors (Lipinski definition) is 24. The zero-order valence-electron chi connectivity index (χ0n) is 61.0. The van der Waals surface area contributed by atoms with Crippen LogP contribution in [-0.4, -0.2) is 174 Å². The highest BCUT2D eigenvalue weighted by Gasteiger charge is 2.29. The second kappa shape index (κ2) is 40.8. The number of rotatable bonds is 15. The maximum atomic E-state index is 14.9. The fraction of sp³-hybridized carbons (Fsp3) is 0.474. The van der Waals surface area contributed by atoms with Gasteiger partial charge in [-0.25, -0.2) is 42.5 Å². The molecule has 580 valence electrons. The van der Waals surface area contributed by atoms with Crippen LogP contribution in [0.4, 0.5) is 63.5 Å². The third-order valence-corrected chi connectivity index (χ3v) is 20.2. The molecule has 108 heavy (non-hydrogen) atoms. The fourth-order valence-corrected chi connectivity index (χ4v) is 13.7. The number of pyridine rings is 4. The smallest absolute Gasteiger partial charge is 0.363 e. The van der Waals surface area contributed by atoms with Crippen molar-refractivity contribution in [2.45, 2.75) is 117 Å². The summed E-state index contributed by atoms with van der Waals surface area (Å²) in [5.74, 6) is 0.614. The maximum Gasteiger partial charge on any atom is 0.363 e. The number of aromatic nitrogens is 8. The van der Waals surface area contributed by atoms with E-state index in [2.05, 4.69) is 70.5 Å². The first kappa shape index (κ1) is 82.8. The van der Waals surface area contributed by atoms with E-state index in [9.17, 15) is 42.9 Å². The summed E-state index contributed by atoms with van der Waals surface area (Å²) in [6, 6.07) is 20.0. The number of ether oxygens (including phenoxy) is 2. The molecule has 11 heterocycles. The van der Waals surface area contributed by atoms with Crippen molar-refractivity contribution in [2.24, 2.45) is 23.7 Å². The summed E-state index contributed by atoms with van der Waals surface area (Å²) < 4.78 is 69.7. The topological polar surface area (TPSA) is 331 Å². The third kappa shape index (κ3) is 23.4. The predicted molar refractivity (Wildman–Crippen MR) is 411 cm³/mol. The van der Waals surface area contributed by atoms with E-state index >= 15 is 0 Å². The van der Waals surface area contributed by atoms with Crippen molar-refractivity contribution < 1.29 is 57.3 Å². The molecule has 6 aromatic heterocycles. The number of benzene rings is 2. The molecule has 8 aromatic rings. The molecule has 0 unspecified atom stereocenters. The molecule has 6 N–H and O–H groups in total. The van der Waals surface area contributed by atoms with E-state index in [1.807, 2.05) is 74.2 Å². The number of aliphatic hydroxyl groups is 4. The van der Waals surface area contributed by atoms with Gasteiger partial charge in [0, 0.05) is 107 Å². The molecule has 32 heteroatoms. The highest BCUT2D eigenvalue weighted by atomic mass is 79.9. The molecule has 1 saturated carbocycles. The molecule has 3 saturated heterocycles. The highest BCUT2D eigenvalue weighted by molar-refractivity contribution is 9.10. The summed E-state index contributed by atoms with van der Waals surface area (Å²) >= 11 is 8.82. The lowest BCUT2D eigenvalue weighted by atomic mass is 9.90. The van der Waals surface area contributed by atoms with E-state index in [0.717, 1.165) is 117 Å². The predicted octanol–water partition coefficient (Wildman–Crippen LogP) is 13.3. The lowest BCUT2D eigenvalue weighted by Crippen LogP contribution is -2.38. The Labute approximate surface area is 638 Å². The molecular weight excluding hydrogens is 1490 g/mol. The van der Waals surface area contributed by atoms with Crippen LogP contribution in [0, 0.1) is 67.2 Å². The summed E-state index contributed by atoms with van der Waals surface area (Å²) in [4.78, 5) is 62.2. The Morgan fingerprint density at radius 1 is 0.509 bits per heavy atom. The van der Waals surface area contributed by atoms with Gasteiger partial charge >= 0.3 is 11.6 Å². The first-order valence-electron chi connectivity index (χ1n) is 36.4. The maximum absolute atomic E-state index is 14.9. The average Bonchev–Trinajstić information content (AvgIpc) is 0.782. The standard InChI is InChI=1S/C27H31F2N5O2.C15H14ClF2N3O.C11H15N3O3.C11H17N3O.C7H14O.C5H3BrN2O2/c1-17(2)34-9-10-36-27-22(28)11-19(12-24(27)34)26-23(29)15-31-25(32-26)13-20-3-4-21(14-30-20)33-7-5-18(16-35)6-8-33;1-8(2)21-3-4-22-14-10(17)5-9(6-12(14)21)13-11(18)7-19-15(16)20-13;15-8-9-3-5-13(6-4-9)10-1-2-11(12-7-10)14(16)17;12-11-2-1-10(7-13-11)14-5-3-9(8-15)4-6-14;8-6-7-4-2-1-3-5-7;6-4-1-2-5(7-3-4)8(9)10/h3-4,11-12,14-15,17-18,35H,5-10,13,16H2,1-2H3;5-8H,3-4H2,1-2H3;1-2,7,9,15H,3-6,8H2;1-2,7,9,15H,3-6,8H2,(H2,12,13);7-8H,1-6H2;1-3H. The number of anilines is 6. The molecule has 26 nitrogen and oxygen atoms in total. The van der Waals surface area contributed by atoms with Crippen LogP contribution in [0.1, 0.15) is 110 Å². The average molecular weight is 1580 g/mol. The number of fused-ring (bicyclic) bond motifs is 2. The number of nitrogen functional groups attached to an aromatic ring is 1. The molecule has 0 spiro atoms. The number of nitrogens with zero attached hydrogens (tertiary/aromatic N) is 15. The van der Waals surface area contributed by atoms with E-state index < -0.39 is 33.1 Å². The zero-order valence-corrected chi connectivity index (χ0v) is 63.4. The number of nitro groups is 2. The van der Waals surface area contributed by atoms with Gasteiger partial charge in [0.2, 0.25) is 5.28 Å². The fourth-order valence-electron chi connectivity index (χ4n) is 13.3. The molecular formula is C76H94BrClF4N16O10. The van der Waals surface area contributed by atoms with Gasteiger partial charge in [0.25, 0.3) is 0 Å². The summed E-state index contributed by atoms with van der Waals surface area (Å²) in [5, 5.41) is 56.5. The van der Waals surface area contributed by atoms with Crippen LogP contribution in [-0.2, 0) is 6.42 Å². The Bertz CT molecular complexity index is 4170. The molecule has 14 rings (SSSR count). The molecule has 0 radical (unpaired) electrons. The molecule has 6 aliphatic rings. The molecule has 4 fully saturated rings. The Morgan fingerprint density at radius 3 is 1.31 bits per heavy atom. The minimum absolute atomic E-state index is 0.0315. The molecule has 1 aliphatic carbocycles. The van der Waals surface area contributed by atoms with E-state index in [1.165, 1.54) is 68.8 Å². The number of hydrogen-bond donors (Lipinski definition) is 5. The van der Waals surface area contributed by atoms with Gasteiger partial charge in [0.1, 0.15) is 36.2 Å². The van der Waals surface area contributed by atoms with Crippen LogP contribution in [0.2, 0.25) is 5.28 Å². The zero-order chi connectivity index (χ0) is 77.4. The number of aliphatic hydroxyl groups excluding tert-OH is 4. The van der Waals surface area contributed by atoms with Crippen LogP contribution >= 0.6 is 27.5 Å². The summed E-state index contributed by atoms with van der Waals surface area (Å²) in [7, 11) is 0. The van der Waals surface area contributed by atoms with Crippen molar-refractivity contribution in [1.29, 1.82) is 0 Å². The lowest BCUT2D eigenvalue weighted by molar-refractivity contribution is -0.389. The van der Waals surface area contributed by atoms with Gasteiger partial charge in [-0.15, -0.1) is 0 Å². The Kier molecular flexibility index (Phi) is 31.3. The Morgan fingerprint density at radius 2 is 0.926 bits per heavy atom. The van der Waals surface area contributed by atoms with Gasteiger partial charge in [-0.1, -0.05) is 19.3 Å². The first-order chi connectivity index (χ1) is 52.0. The molecule has 5 aliphatic heterocycles. The largest absolute Gasteiger partial charge is 0.486 e. The van der Waals surface area contributed by atoms with Crippen LogP contribution < -0.4 is 39.7 Å². The molecule has 0 amide bonds. The van der Waals surface area contributed by atoms with E-state index in [1.54, 1.807) is 24.3 Å². The van der Waals surface area contributed by atoms with Crippen molar-refractivity contribution in [3.63, 3.8) is 0 Å². The van der Waals surface area contributed by atoms with E-state index in [-0.39, 0.29) is 65.1 Å². The normalized spacial score (nSPS) is 16.1. The summed E-state index contributed by atoms with van der Waals surface area (Å²) in [6.45, 7) is 16.9. The van der Waals surface area contributed by atoms with Crippen molar-refractivity contribution in [2.75, 3.05) is 122 Å². The number of halogens is 6. The number of nitrogens with two attached hydrogens (primary N) is 1. The van der Waals surface area contributed by atoms with Crippen molar-refractivity contribution >= 4 is 73.4 Å². The second-order valence-electron chi connectivity index (χ2n) is 27.6. The van der Waals surface area contributed by atoms with Crippen LogP contribution in [0.5, 0.6) is 11.5 Å². The Hall–Kier alpha value is -9.27. The first-order valence-corrected chi connectivity index (χ1v) is 37.6. The van der Waals surface area contributed by atoms with Gasteiger partial charge in [-0.3, -0.25) is 4.98 Å². The van der Waals surface area contributed by atoms with Crippen molar-refractivity contribution in [3.8, 4) is 34.0 Å². The molecule has 0 atom stereocenters. The van der Waals surface area contributed by atoms with Crippen LogP contribution in [0.25, 0.3) is 22.5 Å². The van der Waals surface area contributed by atoms with Gasteiger partial charge in [0.15, 0.2) is 47.2 Å². The van der Waals surface area contributed by atoms with Gasteiger partial charge in [-0.05, 0) is 211 Å². The molecule has 0 bridgehead atoms. The van der Waals surface area contributed by atoms with E-state index in [0.29, 0.717) is 104 Å². The van der Waals surface area contributed by atoms with Crippen LogP contribution in [0.15, 0.2) is 114 Å². The quantitative estimate of drug-likeness (QED) is 0.0275. The monoisotopic (exact) mass is 1580 g/mol. The van der Waals surface area contributed by atoms with Gasteiger partial charge in [-0.2, -0.15) is 0 Å².